The lowest BCUT2D eigenvalue weighted by Gasteiger charge is -2.29. The van der Waals surface area contributed by atoms with Crippen LogP contribution in [-0.4, -0.2) is 52.2 Å². The summed E-state index contributed by atoms with van der Waals surface area (Å²) in [5.74, 6) is 0.557. The summed E-state index contributed by atoms with van der Waals surface area (Å²) in [7, 11) is 0. The minimum atomic E-state index is -0.534. The zero-order chi connectivity index (χ0) is 23.7. The summed E-state index contributed by atoms with van der Waals surface area (Å²) in [5, 5.41) is 0. The van der Waals surface area contributed by atoms with E-state index in [1.807, 2.05) is 18.2 Å². The van der Waals surface area contributed by atoms with Crippen LogP contribution in [0.25, 0.3) is 0 Å². The predicted octanol–water partition coefficient (Wildman–Crippen LogP) is 3.08. The van der Waals surface area contributed by atoms with Gasteiger partial charge in [0.15, 0.2) is 5.78 Å². The molecule has 5 rings (SSSR count). The summed E-state index contributed by atoms with van der Waals surface area (Å²) in [6.45, 7) is 2.94. The van der Waals surface area contributed by atoms with E-state index in [1.165, 1.54) is 0 Å². The van der Waals surface area contributed by atoms with Gasteiger partial charge in [0.1, 0.15) is 23.9 Å². The Morgan fingerprint density at radius 3 is 2.44 bits per heavy atom. The molecular formula is C27H28N2O5. The van der Waals surface area contributed by atoms with Crippen LogP contribution >= 0.6 is 0 Å². The normalized spacial score (nSPS) is 21.2. The molecule has 2 aromatic carbocycles. The standard InChI is InChI=1S/C27H28N2O5/c30-20-10-11-24(25(32)13-20)29-16-23-22(27(29)33)4-1-5-26(23)34-17-19-8-6-18(7-9-19)14-28-12-2-3-21(31)15-28/h1,4-9,24H,2-3,10-17H2. The quantitative estimate of drug-likeness (QED) is 0.616. The number of carbonyl (C=O) groups is 4. The zero-order valence-corrected chi connectivity index (χ0v) is 19.1. The van der Waals surface area contributed by atoms with Crippen LogP contribution in [0.2, 0.25) is 0 Å². The van der Waals surface area contributed by atoms with E-state index < -0.39 is 6.04 Å². The van der Waals surface area contributed by atoms with Crippen LogP contribution in [0.1, 0.15) is 59.2 Å². The fraction of sp³-hybridized carbons (Fsp3) is 0.407. The molecule has 7 heteroatoms. The third-order valence-corrected chi connectivity index (χ3v) is 6.92. The van der Waals surface area contributed by atoms with Gasteiger partial charge in [-0.3, -0.25) is 24.1 Å². The Morgan fingerprint density at radius 1 is 0.882 bits per heavy atom. The Morgan fingerprint density at radius 2 is 1.68 bits per heavy atom. The average molecular weight is 461 g/mol. The highest BCUT2D eigenvalue weighted by atomic mass is 16.5. The highest BCUT2D eigenvalue weighted by Gasteiger charge is 2.39. The topological polar surface area (TPSA) is 84.0 Å². The number of fused-ring (bicyclic) bond motifs is 1. The van der Waals surface area contributed by atoms with Crippen molar-refractivity contribution in [3.63, 3.8) is 0 Å². The van der Waals surface area contributed by atoms with Crippen LogP contribution in [0, 0.1) is 0 Å². The second-order valence-corrected chi connectivity index (χ2v) is 9.41. The van der Waals surface area contributed by atoms with Crippen molar-refractivity contribution in [2.24, 2.45) is 0 Å². The Labute approximate surface area is 198 Å². The summed E-state index contributed by atoms with van der Waals surface area (Å²) >= 11 is 0. The van der Waals surface area contributed by atoms with Crippen LogP contribution < -0.4 is 4.74 Å². The van der Waals surface area contributed by atoms with Crippen molar-refractivity contribution >= 4 is 23.3 Å². The molecule has 1 amide bonds. The fourth-order valence-corrected chi connectivity index (χ4v) is 5.10. The summed E-state index contributed by atoms with van der Waals surface area (Å²) in [4.78, 5) is 52.4. The lowest BCUT2D eigenvalue weighted by Crippen LogP contribution is -2.44. The van der Waals surface area contributed by atoms with E-state index in [-0.39, 0.29) is 23.9 Å². The van der Waals surface area contributed by atoms with E-state index in [2.05, 4.69) is 17.0 Å². The van der Waals surface area contributed by atoms with Crippen molar-refractivity contribution in [3.8, 4) is 5.75 Å². The second-order valence-electron chi connectivity index (χ2n) is 9.41. The van der Waals surface area contributed by atoms with Gasteiger partial charge in [-0.05, 0) is 42.6 Å². The molecule has 176 valence electrons. The maximum Gasteiger partial charge on any atom is 0.255 e. The van der Waals surface area contributed by atoms with Crippen molar-refractivity contribution < 1.29 is 23.9 Å². The first-order chi connectivity index (χ1) is 16.5. The average Bonchev–Trinajstić information content (AvgIpc) is 3.15. The molecule has 1 aliphatic carbocycles. The highest BCUT2D eigenvalue weighted by Crippen LogP contribution is 2.34. The molecule has 3 aliphatic rings. The number of ketones is 3. The number of ether oxygens (including phenoxy) is 1. The minimum absolute atomic E-state index is 0.0510. The van der Waals surface area contributed by atoms with Crippen LogP contribution in [-0.2, 0) is 34.1 Å². The van der Waals surface area contributed by atoms with Gasteiger partial charge in [0.05, 0.1) is 25.6 Å². The van der Waals surface area contributed by atoms with Crippen molar-refractivity contribution in [3.05, 3.63) is 64.7 Å². The SMILES string of the molecule is O=C1CCC(N2Cc3c(OCc4ccc(CN5CCCC(=O)C5)cc4)cccc3C2=O)C(=O)C1. The zero-order valence-electron chi connectivity index (χ0n) is 19.1. The van der Waals surface area contributed by atoms with Gasteiger partial charge in [-0.2, -0.15) is 0 Å². The molecule has 7 nitrogen and oxygen atoms in total. The molecule has 0 bridgehead atoms. The van der Waals surface area contributed by atoms with Crippen LogP contribution in [0.4, 0.5) is 0 Å². The lowest BCUT2D eigenvalue weighted by atomic mass is 9.92. The van der Waals surface area contributed by atoms with Crippen LogP contribution in [0.15, 0.2) is 42.5 Å². The van der Waals surface area contributed by atoms with Gasteiger partial charge in [-0.25, -0.2) is 0 Å². The third-order valence-electron chi connectivity index (χ3n) is 6.92. The van der Waals surface area contributed by atoms with Crippen LogP contribution in [0.3, 0.4) is 0 Å². The van der Waals surface area contributed by atoms with Gasteiger partial charge in [-0.15, -0.1) is 0 Å². The lowest BCUT2D eigenvalue weighted by molar-refractivity contribution is -0.133. The van der Waals surface area contributed by atoms with Crippen molar-refractivity contribution in [1.29, 1.82) is 0 Å². The van der Waals surface area contributed by atoms with Gasteiger partial charge in [0.2, 0.25) is 0 Å². The molecule has 0 spiro atoms. The molecule has 2 aliphatic heterocycles. The first kappa shape index (κ1) is 22.5. The van der Waals surface area contributed by atoms with E-state index in [0.717, 1.165) is 36.2 Å². The maximum absolute atomic E-state index is 13.0. The monoisotopic (exact) mass is 460 g/mol. The molecular weight excluding hydrogens is 432 g/mol. The molecule has 1 saturated heterocycles. The summed E-state index contributed by atoms with van der Waals surface area (Å²) in [5.41, 5.74) is 3.53. The van der Waals surface area contributed by atoms with E-state index in [0.29, 0.717) is 56.1 Å². The number of hydrogen-bond acceptors (Lipinski definition) is 6. The molecule has 2 aromatic rings. The van der Waals surface area contributed by atoms with Gasteiger partial charge in [0, 0.05) is 30.5 Å². The Hall–Kier alpha value is -3.32. The van der Waals surface area contributed by atoms with E-state index in [1.54, 1.807) is 17.0 Å². The minimum Gasteiger partial charge on any atom is -0.489 e. The second kappa shape index (κ2) is 9.50. The molecule has 0 N–H and O–H groups in total. The smallest absolute Gasteiger partial charge is 0.255 e. The van der Waals surface area contributed by atoms with Crippen LogP contribution in [0.5, 0.6) is 5.75 Å². The van der Waals surface area contributed by atoms with Gasteiger partial charge in [-0.1, -0.05) is 30.3 Å². The Bertz CT molecular complexity index is 1140. The van der Waals surface area contributed by atoms with Crippen molar-refractivity contribution in [1.82, 2.24) is 9.80 Å². The molecule has 0 radical (unpaired) electrons. The van der Waals surface area contributed by atoms with Gasteiger partial charge >= 0.3 is 0 Å². The number of benzene rings is 2. The Kier molecular flexibility index (Phi) is 6.28. The number of piperidine rings is 1. The maximum atomic E-state index is 13.0. The molecule has 1 unspecified atom stereocenters. The molecule has 1 saturated carbocycles. The Balaban J connectivity index is 1.22. The summed E-state index contributed by atoms with van der Waals surface area (Å²) in [6.07, 6.45) is 2.27. The third kappa shape index (κ3) is 4.66. The van der Waals surface area contributed by atoms with E-state index >= 15 is 0 Å². The summed E-state index contributed by atoms with van der Waals surface area (Å²) < 4.78 is 6.09. The highest BCUT2D eigenvalue weighted by molar-refractivity contribution is 6.07. The number of nitrogens with zero attached hydrogens (tertiary/aromatic N) is 2. The first-order valence-electron chi connectivity index (χ1n) is 11.9. The van der Waals surface area contributed by atoms with Gasteiger partial charge < -0.3 is 9.64 Å². The number of amides is 1. The van der Waals surface area contributed by atoms with Crippen molar-refractivity contribution in [2.75, 3.05) is 13.1 Å². The molecule has 2 fully saturated rings. The van der Waals surface area contributed by atoms with E-state index in [9.17, 15) is 19.2 Å². The number of rotatable bonds is 6. The van der Waals surface area contributed by atoms with Crippen molar-refractivity contribution in [2.45, 2.75) is 57.8 Å². The molecule has 0 aromatic heterocycles. The predicted molar refractivity (Wildman–Crippen MR) is 124 cm³/mol. The molecule has 1 atom stereocenters. The number of hydrogen-bond donors (Lipinski definition) is 0. The molecule has 2 heterocycles. The molecule has 34 heavy (non-hydrogen) atoms. The largest absolute Gasteiger partial charge is 0.489 e. The number of Topliss-reactive ketones (excluding diaryl/α,β-unsaturated/α-hetero) is 3. The number of likely N-dealkylation sites (tertiary alicyclic amines) is 1. The first-order valence-corrected chi connectivity index (χ1v) is 11.9. The summed E-state index contributed by atoms with van der Waals surface area (Å²) in [6, 6.07) is 13.1. The number of carbonyl (C=O) groups excluding carboxylic acids is 4. The fourth-order valence-electron chi connectivity index (χ4n) is 5.10. The van der Waals surface area contributed by atoms with Gasteiger partial charge in [0.25, 0.3) is 5.91 Å². The van der Waals surface area contributed by atoms with E-state index in [4.69, 9.17) is 4.74 Å².